The Kier molecular flexibility index (Phi) is 3.27. The van der Waals surface area contributed by atoms with Crippen LogP contribution in [0.3, 0.4) is 0 Å². The summed E-state index contributed by atoms with van der Waals surface area (Å²) in [7, 11) is 0. The summed E-state index contributed by atoms with van der Waals surface area (Å²) in [5.74, 6) is -3.33. The van der Waals surface area contributed by atoms with Gasteiger partial charge in [-0.05, 0) is 12.1 Å². The first-order valence-electron chi connectivity index (χ1n) is 3.00. The molecule has 1 rings (SSSR count). The van der Waals surface area contributed by atoms with Crippen molar-refractivity contribution in [3.8, 4) is 17.2 Å². The summed E-state index contributed by atoms with van der Waals surface area (Å²) in [5.41, 5.74) is -0.289. The Morgan fingerprint density at radius 3 is 1.77 bits per heavy atom. The predicted octanol–water partition coefficient (Wildman–Crippen LogP) is -0.415. The normalized spacial score (nSPS) is 8.92. The van der Waals surface area contributed by atoms with Gasteiger partial charge in [0, 0.05) is 0 Å². The second-order valence-electron chi connectivity index (χ2n) is 2.17. The zero-order chi connectivity index (χ0) is 9.30. The van der Waals surface area contributed by atoms with E-state index in [-0.39, 0.29) is 15.7 Å². The number of hydrogen-bond acceptors (Lipinski definition) is 4. The molecule has 5 nitrogen and oxygen atoms in total. The number of carbonyl (C=O) groups is 1. The molecular formula is C7H8BeO5. The number of carboxylic acids is 1. The van der Waals surface area contributed by atoms with E-state index < -0.39 is 23.2 Å². The molecule has 0 bridgehead atoms. The maximum absolute atomic E-state index is 10.3. The average Bonchev–Trinajstić information content (AvgIpc) is 1.99. The molecule has 0 amide bonds. The first-order chi connectivity index (χ1) is 5.52. The molecule has 68 valence electrons. The molecule has 0 saturated heterocycles. The van der Waals surface area contributed by atoms with Crippen LogP contribution < -0.4 is 0 Å². The van der Waals surface area contributed by atoms with Crippen LogP contribution in [0.1, 0.15) is 10.4 Å². The van der Waals surface area contributed by atoms with Crippen LogP contribution in [0, 0.1) is 0 Å². The van der Waals surface area contributed by atoms with Gasteiger partial charge < -0.3 is 20.4 Å². The third-order valence-electron chi connectivity index (χ3n) is 1.32. The quantitative estimate of drug-likeness (QED) is 0.348. The number of carboxylic acid groups (broad SMARTS) is 1. The molecule has 1 aromatic rings. The number of rotatable bonds is 1. The number of phenols is 3. The van der Waals surface area contributed by atoms with Gasteiger partial charge in [0.05, 0.1) is 5.56 Å². The summed E-state index contributed by atoms with van der Waals surface area (Å²) in [6, 6.07) is 1.69. The Balaban J connectivity index is 0.00000144. The second-order valence-corrected chi connectivity index (χ2v) is 2.17. The number of benzene rings is 1. The maximum atomic E-state index is 10.3. The van der Waals surface area contributed by atoms with Crippen LogP contribution in [0.15, 0.2) is 12.1 Å². The molecule has 0 aliphatic rings. The summed E-state index contributed by atoms with van der Waals surface area (Å²) >= 11 is 0. The number of hydrogen-bond donors (Lipinski definition) is 4. The molecule has 13 heavy (non-hydrogen) atoms. The summed E-state index contributed by atoms with van der Waals surface area (Å²) in [5, 5.41) is 35.0. The van der Waals surface area contributed by atoms with Crippen LogP contribution in [-0.2, 0) is 0 Å². The van der Waals surface area contributed by atoms with Crippen molar-refractivity contribution in [2.24, 2.45) is 0 Å². The van der Waals surface area contributed by atoms with E-state index in [0.29, 0.717) is 0 Å². The fourth-order valence-electron chi connectivity index (χ4n) is 0.728. The van der Waals surface area contributed by atoms with Crippen LogP contribution >= 0.6 is 0 Å². The molecule has 0 saturated carbocycles. The van der Waals surface area contributed by atoms with Crippen molar-refractivity contribution < 1.29 is 25.2 Å². The summed E-state index contributed by atoms with van der Waals surface area (Å²) in [6.45, 7) is 0. The molecular weight excluding hydrogens is 173 g/mol. The topological polar surface area (TPSA) is 98.0 Å². The van der Waals surface area contributed by atoms with Crippen molar-refractivity contribution >= 4 is 16.1 Å². The Hall–Kier alpha value is -1.74. The van der Waals surface area contributed by atoms with Crippen LogP contribution in [0.25, 0.3) is 0 Å². The third kappa shape index (κ3) is 2.10. The Morgan fingerprint density at radius 2 is 1.46 bits per heavy atom. The van der Waals surface area contributed by atoms with E-state index in [1.165, 1.54) is 0 Å². The van der Waals surface area contributed by atoms with E-state index in [0.717, 1.165) is 12.1 Å². The molecule has 6 heteroatoms. The first-order valence-corrected chi connectivity index (χ1v) is 3.00. The monoisotopic (exact) mass is 181 g/mol. The Morgan fingerprint density at radius 1 is 1.08 bits per heavy atom. The van der Waals surface area contributed by atoms with E-state index >= 15 is 0 Å². The van der Waals surface area contributed by atoms with Gasteiger partial charge in [0.25, 0.3) is 0 Å². The van der Waals surface area contributed by atoms with Crippen molar-refractivity contribution in [2.75, 3.05) is 0 Å². The van der Waals surface area contributed by atoms with Crippen molar-refractivity contribution in [2.45, 2.75) is 0 Å². The SMILES string of the molecule is O=C(O)c1cc(O)c(O)c(O)c1.[BeH2]. The summed E-state index contributed by atoms with van der Waals surface area (Å²) in [6.07, 6.45) is 0. The van der Waals surface area contributed by atoms with E-state index in [2.05, 4.69) is 0 Å². The zero-order valence-corrected chi connectivity index (χ0v) is 5.85. The van der Waals surface area contributed by atoms with Crippen molar-refractivity contribution in [3.63, 3.8) is 0 Å². The number of phenolic OH excluding ortho intramolecular Hbond substituents is 3. The third-order valence-corrected chi connectivity index (χ3v) is 1.32. The number of aromatic carboxylic acids is 1. The van der Waals surface area contributed by atoms with Crippen molar-refractivity contribution in [1.29, 1.82) is 0 Å². The van der Waals surface area contributed by atoms with Gasteiger partial charge in [-0.1, -0.05) is 0 Å². The van der Waals surface area contributed by atoms with Gasteiger partial charge in [-0.15, -0.1) is 0 Å². The molecule has 0 aliphatic carbocycles. The van der Waals surface area contributed by atoms with E-state index in [1.54, 1.807) is 0 Å². The molecule has 0 heterocycles. The summed E-state index contributed by atoms with van der Waals surface area (Å²) in [4.78, 5) is 10.3. The predicted molar refractivity (Wildman–Crippen MR) is 46.9 cm³/mol. The minimum atomic E-state index is -1.29. The molecule has 0 unspecified atom stereocenters. The molecule has 0 atom stereocenters. The van der Waals surface area contributed by atoms with Crippen LogP contribution in [0.2, 0.25) is 0 Å². The molecule has 0 radical (unpaired) electrons. The van der Waals surface area contributed by atoms with Crippen LogP contribution in [0.5, 0.6) is 17.2 Å². The molecule has 0 aliphatic heterocycles. The Bertz CT molecular complexity index is 313. The fraction of sp³-hybridized carbons (Fsp3) is 0. The van der Waals surface area contributed by atoms with Gasteiger partial charge in [0.1, 0.15) is 0 Å². The van der Waals surface area contributed by atoms with Gasteiger partial charge in [-0.3, -0.25) is 0 Å². The van der Waals surface area contributed by atoms with E-state index in [1.807, 2.05) is 0 Å². The van der Waals surface area contributed by atoms with Crippen LogP contribution in [0.4, 0.5) is 0 Å². The standard InChI is InChI=1S/C7H6O5.Be.2H/c8-4-1-3(7(11)12)2-5(9)6(4)10;;;/h1-2,8-10H,(H,11,12);;;. The number of aromatic hydroxyl groups is 3. The molecule has 1 aromatic carbocycles. The molecule has 4 N–H and O–H groups in total. The molecule has 0 aromatic heterocycles. The Labute approximate surface area is 77.1 Å². The van der Waals surface area contributed by atoms with Gasteiger partial charge in [-0.2, -0.15) is 0 Å². The average molecular weight is 181 g/mol. The van der Waals surface area contributed by atoms with Gasteiger partial charge >= 0.3 is 16.1 Å². The van der Waals surface area contributed by atoms with Gasteiger partial charge in [0.15, 0.2) is 17.2 Å². The van der Waals surface area contributed by atoms with E-state index in [4.69, 9.17) is 20.4 Å². The van der Waals surface area contributed by atoms with Gasteiger partial charge in [0.2, 0.25) is 0 Å². The van der Waals surface area contributed by atoms with Crippen LogP contribution in [-0.4, -0.2) is 36.5 Å². The minimum absolute atomic E-state index is 0. The zero-order valence-electron chi connectivity index (χ0n) is 5.85. The van der Waals surface area contributed by atoms with E-state index in [9.17, 15) is 4.79 Å². The molecule has 0 fully saturated rings. The summed E-state index contributed by atoms with van der Waals surface area (Å²) < 4.78 is 0. The van der Waals surface area contributed by atoms with Gasteiger partial charge in [-0.25, -0.2) is 4.79 Å². The first kappa shape index (κ1) is 11.3. The van der Waals surface area contributed by atoms with Crippen molar-refractivity contribution in [3.05, 3.63) is 17.7 Å². The second kappa shape index (κ2) is 3.78. The van der Waals surface area contributed by atoms with Crippen molar-refractivity contribution in [1.82, 2.24) is 0 Å². The molecule has 0 spiro atoms. The fourth-order valence-corrected chi connectivity index (χ4v) is 0.728.